The van der Waals surface area contributed by atoms with Gasteiger partial charge in [-0.25, -0.2) is 4.58 Å². The Morgan fingerprint density at radius 2 is 1.68 bits per heavy atom. The van der Waals surface area contributed by atoms with Crippen molar-refractivity contribution in [1.82, 2.24) is 4.90 Å². The minimum absolute atomic E-state index is 0.283. The number of hydrogen-bond acceptors (Lipinski definition) is 1. The Kier molecular flexibility index (Phi) is 6.99. The van der Waals surface area contributed by atoms with Gasteiger partial charge in [0.15, 0.2) is 11.4 Å². The molecule has 1 atom stereocenters. The molecule has 0 aromatic rings. The first-order chi connectivity index (χ1) is 8.48. The van der Waals surface area contributed by atoms with Crippen molar-refractivity contribution >= 4 is 5.71 Å². The summed E-state index contributed by atoms with van der Waals surface area (Å²) >= 11 is 0. The molecule has 0 amide bonds. The number of rotatable bonds is 6. The molecule has 0 aliphatic heterocycles. The molecule has 0 heterocycles. The van der Waals surface area contributed by atoms with Crippen LogP contribution in [0.2, 0.25) is 0 Å². The van der Waals surface area contributed by atoms with E-state index in [1.807, 2.05) is 0 Å². The van der Waals surface area contributed by atoms with Gasteiger partial charge in [0.05, 0.1) is 0 Å². The van der Waals surface area contributed by atoms with Crippen LogP contribution >= 0.6 is 0 Å². The van der Waals surface area contributed by atoms with Gasteiger partial charge in [-0.2, -0.15) is 0 Å². The van der Waals surface area contributed by atoms with E-state index in [0.29, 0.717) is 11.8 Å². The van der Waals surface area contributed by atoms with Crippen LogP contribution in [0.3, 0.4) is 0 Å². The Morgan fingerprint density at radius 1 is 1.21 bits per heavy atom. The maximum Gasteiger partial charge on any atom is 0.176 e. The zero-order valence-corrected chi connectivity index (χ0v) is 14.7. The lowest BCUT2D eigenvalue weighted by atomic mass is 9.76. The summed E-state index contributed by atoms with van der Waals surface area (Å²) in [5, 5.41) is 0. The van der Waals surface area contributed by atoms with E-state index >= 15 is 0 Å². The van der Waals surface area contributed by atoms with Crippen molar-refractivity contribution in [2.75, 3.05) is 27.7 Å². The minimum Gasteiger partial charge on any atom is -0.309 e. The molecule has 2 heteroatoms. The molecule has 0 aliphatic carbocycles. The quantitative estimate of drug-likeness (QED) is 0.523. The second kappa shape index (κ2) is 7.23. The van der Waals surface area contributed by atoms with E-state index in [4.69, 9.17) is 0 Å². The highest BCUT2D eigenvalue weighted by Gasteiger charge is 2.32. The molecule has 0 aromatic heterocycles. The molecule has 19 heavy (non-hydrogen) atoms. The van der Waals surface area contributed by atoms with Gasteiger partial charge in [-0.05, 0) is 39.1 Å². The van der Waals surface area contributed by atoms with Gasteiger partial charge in [-0.3, -0.25) is 0 Å². The molecule has 0 N–H and O–H groups in total. The molecule has 0 bridgehead atoms. The molecule has 1 unspecified atom stereocenters. The van der Waals surface area contributed by atoms with Gasteiger partial charge in [0.1, 0.15) is 7.05 Å². The van der Waals surface area contributed by atoms with Crippen LogP contribution in [0, 0.1) is 17.3 Å². The predicted octanol–water partition coefficient (Wildman–Crippen LogP) is 3.87. The Morgan fingerprint density at radius 3 is 2.00 bits per heavy atom. The van der Waals surface area contributed by atoms with Gasteiger partial charge < -0.3 is 4.90 Å². The summed E-state index contributed by atoms with van der Waals surface area (Å²) in [4.78, 5) is 2.27. The van der Waals surface area contributed by atoms with Crippen LogP contribution in [0.5, 0.6) is 0 Å². The van der Waals surface area contributed by atoms with Gasteiger partial charge in [-0.1, -0.05) is 34.6 Å². The van der Waals surface area contributed by atoms with Crippen molar-refractivity contribution in [3.8, 4) is 0 Å². The van der Waals surface area contributed by atoms with E-state index in [9.17, 15) is 0 Å². The van der Waals surface area contributed by atoms with Crippen LogP contribution in [0.25, 0.3) is 0 Å². The summed E-state index contributed by atoms with van der Waals surface area (Å²) in [6.07, 6.45) is 1.19. The summed E-state index contributed by atoms with van der Waals surface area (Å²) < 4.78 is 2.30. The van der Waals surface area contributed by atoms with Gasteiger partial charge in [0.2, 0.25) is 0 Å². The van der Waals surface area contributed by atoms with Crippen LogP contribution in [0.4, 0.5) is 0 Å². The highest BCUT2D eigenvalue weighted by molar-refractivity contribution is 5.80. The first-order valence-electron chi connectivity index (χ1n) is 7.39. The molecule has 0 spiro atoms. The fraction of sp³-hybridized carbons (Fsp3) is 0.824. The molecule has 0 saturated carbocycles. The van der Waals surface area contributed by atoms with Crippen molar-refractivity contribution in [2.24, 2.45) is 17.3 Å². The Hall–Kier alpha value is -0.630. The zero-order chi connectivity index (χ0) is 15.4. The van der Waals surface area contributed by atoms with Crippen molar-refractivity contribution in [1.29, 1.82) is 0 Å². The second-order valence-electron chi connectivity index (χ2n) is 7.36. The van der Waals surface area contributed by atoms with Crippen LogP contribution in [-0.4, -0.2) is 42.9 Å². The minimum atomic E-state index is 0.283. The summed E-state index contributed by atoms with van der Waals surface area (Å²) in [5.74, 6) is 1.07. The monoisotopic (exact) mass is 267 g/mol. The molecular weight excluding hydrogens is 232 g/mol. The Labute approximate surface area is 121 Å². The van der Waals surface area contributed by atoms with Crippen molar-refractivity contribution in [3.63, 3.8) is 0 Å². The van der Waals surface area contributed by atoms with Gasteiger partial charge >= 0.3 is 0 Å². The molecule has 112 valence electrons. The van der Waals surface area contributed by atoms with E-state index in [-0.39, 0.29) is 5.41 Å². The molecule has 0 saturated heterocycles. The van der Waals surface area contributed by atoms with Crippen LogP contribution < -0.4 is 0 Å². The summed E-state index contributed by atoms with van der Waals surface area (Å²) in [6.45, 7) is 19.0. The van der Waals surface area contributed by atoms with Crippen molar-refractivity contribution < 1.29 is 4.58 Å². The molecule has 2 nitrogen and oxygen atoms in total. The highest BCUT2D eigenvalue weighted by Crippen LogP contribution is 2.30. The molecular formula is C17H35N2+. The third-order valence-electron chi connectivity index (χ3n) is 4.04. The summed E-state index contributed by atoms with van der Waals surface area (Å²) in [5.41, 5.74) is 2.93. The average Bonchev–Trinajstić information content (AvgIpc) is 2.24. The fourth-order valence-corrected chi connectivity index (χ4v) is 2.50. The largest absolute Gasteiger partial charge is 0.309 e. The number of allylic oxidation sites excluding steroid dienone is 1. The topological polar surface area (TPSA) is 6.25 Å². The zero-order valence-electron chi connectivity index (χ0n) is 14.7. The van der Waals surface area contributed by atoms with Gasteiger partial charge in [0, 0.05) is 18.8 Å². The van der Waals surface area contributed by atoms with Crippen molar-refractivity contribution in [2.45, 2.75) is 48.0 Å². The lowest BCUT2D eigenvalue weighted by Gasteiger charge is -2.30. The normalized spacial score (nSPS) is 15.7. The SMILES string of the molecule is C=C(C(C)C)/[N+](C)=C(/C)C(CCN(C)C)C(C)(C)C. The maximum atomic E-state index is 4.23. The van der Waals surface area contributed by atoms with Gasteiger partial charge in [-0.15, -0.1) is 0 Å². The molecule has 0 aromatic carbocycles. The first kappa shape index (κ1) is 18.4. The average molecular weight is 267 g/mol. The molecule has 0 radical (unpaired) electrons. The summed E-state index contributed by atoms with van der Waals surface area (Å²) in [6, 6.07) is 0. The smallest absolute Gasteiger partial charge is 0.176 e. The van der Waals surface area contributed by atoms with E-state index in [1.165, 1.54) is 17.8 Å². The maximum absolute atomic E-state index is 4.23. The third kappa shape index (κ3) is 5.90. The Balaban J connectivity index is 5.26. The Bertz CT molecular complexity index is 330. The van der Waals surface area contributed by atoms with E-state index in [2.05, 4.69) is 78.7 Å². The molecule has 0 fully saturated rings. The highest BCUT2D eigenvalue weighted by atomic mass is 15.1. The van der Waals surface area contributed by atoms with Crippen LogP contribution in [-0.2, 0) is 0 Å². The van der Waals surface area contributed by atoms with E-state index in [0.717, 1.165) is 6.54 Å². The predicted molar refractivity (Wildman–Crippen MR) is 87.0 cm³/mol. The van der Waals surface area contributed by atoms with E-state index < -0.39 is 0 Å². The van der Waals surface area contributed by atoms with Gasteiger partial charge in [0.25, 0.3) is 0 Å². The number of hydrogen-bond donors (Lipinski definition) is 0. The molecule has 0 rings (SSSR count). The second-order valence-corrected chi connectivity index (χ2v) is 7.36. The lowest BCUT2D eigenvalue weighted by Crippen LogP contribution is -2.35. The van der Waals surface area contributed by atoms with Crippen molar-refractivity contribution in [3.05, 3.63) is 12.3 Å². The van der Waals surface area contributed by atoms with Crippen LogP contribution in [0.15, 0.2) is 12.3 Å². The fourth-order valence-electron chi connectivity index (χ4n) is 2.50. The summed E-state index contributed by atoms with van der Waals surface area (Å²) in [7, 11) is 6.45. The first-order valence-corrected chi connectivity index (χ1v) is 7.39. The third-order valence-corrected chi connectivity index (χ3v) is 4.04. The standard InChI is InChI=1S/C17H35N2/c1-13(2)14(3)19(10)15(4)16(17(5,6)7)11-12-18(8)9/h13,16H,3,11-12H2,1-2,4-10H3/q+1/b19-15-. The number of nitrogens with zero attached hydrogens (tertiary/aromatic N) is 2. The lowest BCUT2D eigenvalue weighted by molar-refractivity contribution is -0.454. The molecule has 0 aliphatic rings. The van der Waals surface area contributed by atoms with Crippen LogP contribution in [0.1, 0.15) is 48.0 Å². The van der Waals surface area contributed by atoms with E-state index in [1.54, 1.807) is 0 Å².